The second kappa shape index (κ2) is 19.1. The van der Waals surface area contributed by atoms with Gasteiger partial charge in [-0.05, 0) is 25.7 Å². The van der Waals surface area contributed by atoms with Crippen LogP contribution in [0.15, 0.2) is 0 Å². The molecule has 1 atom stereocenters. The quantitative estimate of drug-likeness (QED) is 0.186. The van der Waals surface area contributed by atoms with Crippen molar-refractivity contribution >= 4 is 17.9 Å². The van der Waals surface area contributed by atoms with Crippen molar-refractivity contribution < 1.29 is 33.7 Å². The van der Waals surface area contributed by atoms with E-state index < -0.39 is 30.1 Å². The fraction of sp³-hybridized carbons (Fsp3) is 0.875. The number of hydrogen-bond acceptors (Lipinski definition) is 6. The monoisotopic (exact) mass is 444 g/mol. The molecule has 0 fully saturated rings. The minimum atomic E-state index is -1.61. The summed E-state index contributed by atoms with van der Waals surface area (Å²) >= 11 is 0. The molecule has 0 saturated carbocycles. The summed E-state index contributed by atoms with van der Waals surface area (Å²) in [6.07, 6.45) is 11.1. The summed E-state index contributed by atoms with van der Waals surface area (Å²) < 4.78 is 16.3. The van der Waals surface area contributed by atoms with Gasteiger partial charge in [-0.3, -0.25) is 4.79 Å². The van der Waals surface area contributed by atoms with E-state index in [2.05, 4.69) is 20.8 Å². The van der Waals surface area contributed by atoms with Crippen molar-refractivity contribution in [1.82, 2.24) is 0 Å². The molecule has 0 amide bonds. The van der Waals surface area contributed by atoms with Gasteiger partial charge in [0.1, 0.15) is 6.61 Å². The summed E-state index contributed by atoms with van der Waals surface area (Å²) in [4.78, 5) is 36.6. The molecule has 7 heteroatoms. The third-order valence-electron chi connectivity index (χ3n) is 5.20. The van der Waals surface area contributed by atoms with Gasteiger partial charge in [0, 0.05) is 0 Å². The number of carboxylic acid groups (broad SMARTS) is 1. The zero-order valence-electron chi connectivity index (χ0n) is 19.9. The average Bonchev–Trinajstić information content (AvgIpc) is 2.74. The third-order valence-corrected chi connectivity index (χ3v) is 5.20. The van der Waals surface area contributed by atoms with Crippen molar-refractivity contribution in [2.75, 3.05) is 19.8 Å². The summed E-state index contributed by atoms with van der Waals surface area (Å²) in [7, 11) is 0. The van der Waals surface area contributed by atoms with Crippen LogP contribution < -0.4 is 0 Å². The molecule has 0 aliphatic rings. The van der Waals surface area contributed by atoms with E-state index in [-0.39, 0.29) is 26.1 Å². The molecule has 1 N–H and O–H groups in total. The highest BCUT2D eigenvalue weighted by Gasteiger charge is 2.44. The first-order chi connectivity index (χ1) is 14.9. The van der Waals surface area contributed by atoms with Crippen LogP contribution in [0.25, 0.3) is 0 Å². The topological polar surface area (TPSA) is 99.1 Å². The molecular formula is C24H44O7. The SMILES string of the molecule is CCCCCCOC(=O)CC(CCCCCC)(OCC(=O)O)C(=O)OCCCCCC. The van der Waals surface area contributed by atoms with Gasteiger partial charge < -0.3 is 19.3 Å². The van der Waals surface area contributed by atoms with E-state index in [0.29, 0.717) is 6.42 Å². The van der Waals surface area contributed by atoms with E-state index in [1.165, 1.54) is 0 Å². The second-order valence-corrected chi connectivity index (χ2v) is 8.14. The number of rotatable bonds is 21. The molecule has 182 valence electrons. The van der Waals surface area contributed by atoms with E-state index in [9.17, 15) is 14.4 Å². The Labute approximate surface area is 188 Å². The highest BCUT2D eigenvalue weighted by molar-refractivity contribution is 5.86. The Balaban J connectivity index is 5.14. The fourth-order valence-corrected chi connectivity index (χ4v) is 3.31. The Bertz CT molecular complexity index is 492. The molecule has 31 heavy (non-hydrogen) atoms. The van der Waals surface area contributed by atoms with Crippen molar-refractivity contribution in [3.8, 4) is 0 Å². The highest BCUT2D eigenvalue weighted by atomic mass is 16.6. The number of aliphatic carboxylic acids is 1. The van der Waals surface area contributed by atoms with Crippen molar-refractivity contribution in [1.29, 1.82) is 0 Å². The minimum Gasteiger partial charge on any atom is -0.480 e. The predicted octanol–water partition coefficient (Wildman–Crippen LogP) is 5.43. The first kappa shape index (κ1) is 29.4. The van der Waals surface area contributed by atoms with E-state index >= 15 is 0 Å². The number of carbonyl (C=O) groups excluding carboxylic acids is 2. The number of ether oxygens (including phenoxy) is 3. The molecule has 0 saturated heterocycles. The molecule has 0 aliphatic heterocycles. The Morgan fingerprint density at radius 1 is 0.710 bits per heavy atom. The highest BCUT2D eigenvalue weighted by Crippen LogP contribution is 2.27. The van der Waals surface area contributed by atoms with Gasteiger partial charge in [-0.25, -0.2) is 9.59 Å². The zero-order chi connectivity index (χ0) is 23.4. The van der Waals surface area contributed by atoms with Crippen LogP contribution in [0.1, 0.15) is 111 Å². The lowest BCUT2D eigenvalue weighted by Crippen LogP contribution is -2.46. The van der Waals surface area contributed by atoms with Crippen molar-refractivity contribution in [2.45, 2.75) is 116 Å². The largest absolute Gasteiger partial charge is 0.480 e. The van der Waals surface area contributed by atoms with Crippen molar-refractivity contribution in [2.24, 2.45) is 0 Å². The van der Waals surface area contributed by atoms with Gasteiger partial charge >= 0.3 is 17.9 Å². The first-order valence-corrected chi connectivity index (χ1v) is 12.1. The Kier molecular flexibility index (Phi) is 18.1. The van der Waals surface area contributed by atoms with E-state index in [1.54, 1.807) is 0 Å². The zero-order valence-corrected chi connectivity index (χ0v) is 19.9. The molecule has 0 radical (unpaired) electrons. The number of hydrogen-bond donors (Lipinski definition) is 1. The van der Waals surface area contributed by atoms with Crippen LogP contribution in [0, 0.1) is 0 Å². The lowest BCUT2D eigenvalue weighted by molar-refractivity contribution is -0.185. The maximum absolute atomic E-state index is 13.0. The first-order valence-electron chi connectivity index (χ1n) is 12.1. The average molecular weight is 445 g/mol. The molecule has 0 aromatic carbocycles. The van der Waals surface area contributed by atoms with Gasteiger partial charge in [-0.15, -0.1) is 0 Å². The van der Waals surface area contributed by atoms with Gasteiger partial charge in [0.15, 0.2) is 5.60 Å². The van der Waals surface area contributed by atoms with E-state index in [1.807, 2.05) is 0 Å². The number of esters is 2. The van der Waals surface area contributed by atoms with Gasteiger partial charge in [0.05, 0.1) is 19.6 Å². The van der Waals surface area contributed by atoms with E-state index in [0.717, 1.165) is 70.6 Å². The maximum Gasteiger partial charge on any atom is 0.339 e. The smallest absolute Gasteiger partial charge is 0.339 e. The minimum absolute atomic E-state index is 0.234. The standard InChI is InChI=1S/C24H44O7/c1-4-7-10-13-16-24(31-20-21(25)26,23(28)30-18-15-12-9-6-3)19-22(27)29-17-14-11-8-5-2/h4-20H2,1-3H3,(H,25,26). The molecule has 0 bridgehead atoms. The van der Waals surface area contributed by atoms with Gasteiger partial charge in [0.25, 0.3) is 0 Å². The van der Waals surface area contributed by atoms with Gasteiger partial charge in [-0.2, -0.15) is 0 Å². The maximum atomic E-state index is 13.0. The summed E-state index contributed by atoms with van der Waals surface area (Å²) in [5.41, 5.74) is -1.61. The molecule has 1 unspecified atom stereocenters. The van der Waals surface area contributed by atoms with Crippen LogP contribution in [0.2, 0.25) is 0 Å². The van der Waals surface area contributed by atoms with Crippen LogP contribution in [-0.4, -0.2) is 48.4 Å². The Morgan fingerprint density at radius 2 is 1.23 bits per heavy atom. The van der Waals surface area contributed by atoms with Crippen LogP contribution >= 0.6 is 0 Å². The van der Waals surface area contributed by atoms with Gasteiger partial charge in [-0.1, -0.05) is 78.6 Å². The number of unbranched alkanes of at least 4 members (excludes halogenated alkanes) is 9. The van der Waals surface area contributed by atoms with Gasteiger partial charge in [0.2, 0.25) is 0 Å². The fourth-order valence-electron chi connectivity index (χ4n) is 3.31. The molecule has 7 nitrogen and oxygen atoms in total. The molecule has 0 spiro atoms. The Hall–Kier alpha value is -1.63. The normalized spacial score (nSPS) is 12.9. The lowest BCUT2D eigenvalue weighted by atomic mass is 9.91. The lowest BCUT2D eigenvalue weighted by Gasteiger charge is -2.30. The van der Waals surface area contributed by atoms with Crippen molar-refractivity contribution in [3.05, 3.63) is 0 Å². The Morgan fingerprint density at radius 3 is 1.74 bits per heavy atom. The van der Waals surface area contributed by atoms with Crippen LogP contribution in [-0.2, 0) is 28.6 Å². The number of carboxylic acids is 1. The molecule has 0 aromatic rings. The summed E-state index contributed by atoms with van der Waals surface area (Å²) in [5.74, 6) is -2.41. The third kappa shape index (κ3) is 14.9. The molecule has 0 rings (SSSR count). The summed E-state index contributed by atoms with van der Waals surface area (Å²) in [6, 6.07) is 0. The molecule has 0 aliphatic carbocycles. The van der Waals surface area contributed by atoms with Crippen LogP contribution in [0.5, 0.6) is 0 Å². The second-order valence-electron chi connectivity index (χ2n) is 8.14. The molecule has 0 heterocycles. The molecular weight excluding hydrogens is 400 g/mol. The van der Waals surface area contributed by atoms with Crippen LogP contribution in [0.4, 0.5) is 0 Å². The van der Waals surface area contributed by atoms with E-state index in [4.69, 9.17) is 19.3 Å². The molecule has 0 aromatic heterocycles. The van der Waals surface area contributed by atoms with Crippen molar-refractivity contribution in [3.63, 3.8) is 0 Å². The van der Waals surface area contributed by atoms with Crippen LogP contribution in [0.3, 0.4) is 0 Å². The summed E-state index contributed by atoms with van der Waals surface area (Å²) in [5, 5.41) is 9.11. The predicted molar refractivity (Wildman–Crippen MR) is 120 cm³/mol. The summed E-state index contributed by atoms with van der Waals surface area (Å²) in [6.45, 7) is 6.14. The number of carbonyl (C=O) groups is 3.